The third-order valence-electron chi connectivity index (χ3n) is 6.49. The summed E-state index contributed by atoms with van der Waals surface area (Å²) in [7, 11) is 0. The summed E-state index contributed by atoms with van der Waals surface area (Å²) in [6.45, 7) is 4.94. The third kappa shape index (κ3) is 3.70. The molecule has 6 rings (SSSR count). The highest BCUT2D eigenvalue weighted by molar-refractivity contribution is 9.10. The monoisotopic (exact) mass is 527 g/mol. The van der Waals surface area contributed by atoms with E-state index in [0.717, 1.165) is 59.6 Å². The fraction of sp³-hybridized carbons (Fsp3) is 0.148. The van der Waals surface area contributed by atoms with Crippen LogP contribution in [0.3, 0.4) is 0 Å². The maximum Gasteiger partial charge on any atom is 0.251 e. The molecule has 2 bridgehead atoms. The molecule has 7 nitrogen and oxygen atoms in total. The van der Waals surface area contributed by atoms with Gasteiger partial charge in [0.05, 0.1) is 17.2 Å². The van der Waals surface area contributed by atoms with Gasteiger partial charge in [-0.25, -0.2) is 4.98 Å². The fourth-order valence-electron chi connectivity index (χ4n) is 4.80. The predicted octanol–water partition coefficient (Wildman–Crippen LogP) is 5.71. The summed E-state index contributed by atoms with van der Waals surface area (Å²) in [6, 6.07) is 13.9. The summed E-state index contributed by atoms with van der Waals surface area (Å²) in [4.78, 5) is 17.3. The molecular formula is C27H22BrN5O2. The van der Waals surface area contributed by atoms with Crippen LogP contribution < -0.4 is 11.1 Å². The predicted molar refractivity (Wildman–Crippen MR) is 141 cm³/mol. The Kier molecular flexibility index (Phi) is 5.00. The number of halogens is 1. The van der Waals surface area contributed by atoms with Gasteiger partial charge in [-0.15, -0.1) is 0 Å². The van der Waals surface area contributed by atoms with Gasteiger partial charge in [0.2, 0.25) is 0 Å². The van der Waals surface area contributed by atoms with Crippen LogP contribution in [0, 0.1) is 13.8 Å². The number of fused-ring (bicyclic) bond motifs is 8. The number of anilines is 1. The van der Waals surface area contributed by atoms with Crippen LogP contribution >= 0.6 is 15.9 Å². The highest BCUT2D eigenvalue weighted by Gasteiger charge is 2.19. The van der Waals surface area contributed by atoms with Crippen LogP contribution in [0.2, 0.25) is 0 Å². The highest BCUT2D eigenvalue weighted by Crippen LogP contribution is 2.41. The number of hydrogen-bond acceptors (Lipinski definition) is 5. The molecule has 6 aromatic rings. The molecule has 0 radical (unpaired) electrons. The van der Waals surface area contributed by atoms with Gasteiger partial charge in [0.1, 0.15) is 17.0 Å². The summed E-state index contributed by atoms with van der Waals surface area (Å²) in [5.41, 5.74) is 12.0. The second-order valence-corrected chi connectivity index (χ2v) is 9.78. The fourth-order valence-corrected chi connectivity index (χ4v) is 5.12. The SMILES string of the molecule is Cc1cc(N)nc(C)c1CNC(=O)c1ccc2c(c1)c1oc2c2cc(Cn3cc(Br)cn3)ccc21. The minimum Gasteiger partial charge on any atom is -0.455 e. The molecule has 35 heavy (non-hydrogen) atoms. The second kappa shape index (κ2) is 8.09. The Morgan fingerprint density at radius 2 is 1.80 bits per heavy atom. The van der Waals surface area contributed by atoms with Crippen LogP contribution in [0.1, 0.15) is 32.7 Å². The topological polar surface area (TPSA) is 99.0 Å². The summed E-state index contributed by atoms with van der Waals surface area (Å²) in [5, 5.41) is 11.4. The summed E-state index contributed by atoms with van der Waals surface area (Å²) in [6.07, 6.45) is 3.73. The number of rotatable bonds is 5. The van der Waals surface area contributed by atoms with Gasteiger partial charge in [0.15, 0.2) is 0 Å². The van der Waals surface area contributed by atoms with E-state index in [1.807, 2.05) is 49.0 Å². The number of aromatic nitrogens is 3. The molecule has 0 unspecified atom stereocenters. The minimum atomic E-state index is -0.141. The van der Waals surface area contributed by atoms with Crippen LogP contribution in [-0.4, -0.2) is 20.7 Å². The molecule has 8 heteroatoms. The van der Waals surface area contributed by atoms with Crippen LogP contribution in [0.5, 0.6) is 0 Å². The van der Waals surface area contributed by atoms with Crippen molar-refractivity contribution in [3.05, 3.63) is 87.3 Å². The Bertz CT molecular complexity index is 1730. The Labute approximate surface area is 209 Å². The van der Waals surface area contributed by atoms with Crippen molar-refractivity contribution in [2.75, 3.05) is 5.73 Å². The molecule has 0 atom stereocenters. The first-order valence-corrected chi connectivity index (χ1v) is 12.1. The van der Waals surface area contributed by atoms with E-state index in [9.17, 15) is 4.79 Å². The molecule has 3 N–H and O–H groups in total. The molecule has 0 saturated heterocycles. The van der Waals surface area contributed by atoms with Crippen molar-refractivity contribution in [1.29, 1.82) is 0 Å². The van der Waals surface area contributed by atoms with Crippen molar-refractivity contribution in [2.45, 2.75) is 26.9 Å². The van der Waals surface area contributed by atoms with Gasteiger partial charge >= 0.3 is 0 Å². The molecule has 4 heterocycles. The third-order valence-corrected chi connectivity index (χ3v) is 6.90. The van der Waals surface area contributed by atoms with E-state index < -0.39 is 0 Å². The number of nitrogen functional groups attached to an aromatic ring is 1. The minimum absolute atomic E-state index is 0.141. The van der Waals surface area contributed by atoms with Crippen LogP contribution in [-0.2, 0) is 13.1 Å². The van der Waals surface area contributed by atoms with Gasteiger partial charge < -0.3 is 15.5 Å². The maximum absolute atomic E-state index is 13.0. The van der Waals surface area contributed by atoms with Crippen molar-refractivity contribution in [3.63, 3.8) is 0 Å². The Morgan fingerprint density at radius 1 is 1.06 bits per heavy atom. The first-order chi connectivity index (χ1) is 16.9. The van der Waals surface area contributed by atoms with Crippen molar-refractivity contribution in [3.8, 4) is 0 Å². The van der Waals surface area contributed by atoms with Crippen molar-refractivity contribution in [2.24, 2.45) is 0 Å². The average molecular weight is 528 g/mol. The normalized spacial score (nSPS) is 11.7. The zero-order valence-electron chi connectivity index (χ0n) is 19.2. The first-order valence-electron chi connectivity index (χ1n) is 11.3. The molecule has 2 aromatic carbocycles. The van der Waals surface area contributed by atoms with Crippen LogP contribution in [0.4, 0.5) is 5.82 Å². The number of nitrogens with one attached hydrogen (secondary N) is 1. The van der Waals surface area contributed by atoms with Gasteiger partial charge in [-0.2, -0.15) is 5.10 Å². The lowest BCUT2D eigenvalue weighted by molar-refractivity contribution is 0.0951. The Morgan fingerprint density at radius 3 is 2.51 bits per heavy atom. The quantitative estimate of drug-likeness (QED) is 0.280. The van der Waals surface area contributed by atoms with Crippen molar-refractivity contribution in [1.82, 2.24) is 20.1 Å². The molecular weight excluding hydrogens is 506 g/mol. The standard InChI is InChI=1S/C27H22BrN5O2/c1-14-7-24(29)32-15(2)23(14)11-30-27(34)17-4-6-20-22(9-17)26-19-5-3-16(8-21(19)25(20)35-26)12-33-13-18(28)10-31-33/h3-10,13H,11-12H2,1-2H3,(H2,29,32)(H,30,34). The number of carbonyl (C=O) groups is 1. The number of aryl methyl sites for hydroxylation is 2. The largest absolute Gasteiger partial charge is 0.455 e. The number of hydrogen-bond donors (Lipinski definition) is 2. The van der Waals surface area contributed by atoms with Crippen molar-refractivity contribution < 1.29 is 9.21 Å². The van der Waals surface area contributed by atoms with E-state index in [2.05, 4.69) is 49.5 Å². The molecule has 0 saturated carbocycles. The van der Waals surface area contributed by atoms with Gasteiger partial charge in [0.25, 0.3) is 5.91 Å². The number of furan rings is 2. The van der Waals surface area contributed by atoms with Gasteiger partial charge in [-0.3, -0.25) is 9.48 Å². The molecule has 0 aliphatic heterocycles. The Balaban J connectivity index is 1.29. The molecule has 0 fully saturated rings. The number of pyridine rings is 1. The highest BCUT2D eigenvalue weighted by atomic mass is 79.9. The summed E-state index contributed by atoms with van der Waals surface area (Å²) in [5.74, 6) is 0.345. The lowest BCUT2D eigenvalue weighted by atomic mass is 10.00. The van der Waals surface area contributed by atoms with E-state index in [4.69, 9.17) is 10.2 Å². The number of nitrogens with two attached hydrogens (primary N) is 1. The molecule has 0 spiro atoms. The number of benzene rings is 3. The van der Waals surface area contributed by atoms with E-state index in [1.54, 1.807) is 6.20 Å². The molecule has 174 valence electrons. The lowest BCUT2D eigenvalue weighted by Gasteiger charge is -2.11. The molecule has 0 aliphatic carbocycles. The first kappa shape index (κ1) is 21.6. The zero-order valence-corrected chi connectivity index (χ0v) is 20.8. The number of amides is 1. The van der Waals surface area contributed by atoms with E-state index in [-0.39, 0.29) is 5.91 Å². The Hall–Kier alpha value is -3.91. The smallest absolute Gasteiger partial charge is 0.251 e. The van der Waals surface area contributed by atoms with E-state index in [0.29, 0.717) is 24.5 Å². The van der Waals surface area contributed by atoms with Crippen molar-refractivity contribution >= 4 is 60.4 Å². The van der Waals surface area contributed by atoms with Gasteiger partial charge in [-0.1, -0.05) is 12.1 Å². The number of nitrogens with zero attached hydrogens (tertiary/aromatic N) is 3. The van der Waals surface area contributed by atoms with E-state index >= 15 is 0 Å². The zero-order chi connectivity index (χ0) is 24.3. The molecule has 1 amide bonds. The molecule has 0 aliphatic rings. The summed E-state index contributed by atoms with van der Waals surface area (Å²) >= 11 is 3.44. The molecule has 4 aromatic heterocycles. The average Bonchev–Trinajstić information content (AvgIpc) is 3.51. The second-order valence-electron chi connectivity index (χ2n) is 8.87. The van der Waals surface area contributed by atoms with Gasteiger partial charge in [0, 0.05) is 45.5 Å². The van der Waals surface area contributed by atoms with Gasteiger partial charge in [-0.05, 0) is 76.8 Å². The number of carbonyl (C=O) groups excluding carboxylic acids is 1. The van der Waals surface area contributed by atoms with Crippen LogP contribution in [0.25, 0.3) is 32.7 Å². The maximum atomic E-state index is 13.0. The lowest BCUT2D eigenvalue weighted by Crippen LogP contribution is -2.24. The van der Waals surface area contributed by atoms with E-state index in [1.165, 1.54) is 0 Å². The summed E-state index contributed by atoms with van der Waals surface area (Å²) < 4.78 is 9.02. The van der Waals surface area contributed by atoms with Crippen LogP contribution in [0.15, 0.2) is 63.7 Å².